The molecule has 4 rings (SSSR count). The van der Waals surface area contributed by atoms with Crippen molar-refractivity contribution < 1.29 is 27.5 Å². The van der Waals surface area contributed by atoms with Crippen LogP contribution in [0.5, 0.6) is 0 Å². The highest BCUT2D eigenvalue weighted by atomic mass is 35.5. The summed E-state index contributed by atoms with van der Waals surface area (Å²) in [4.78, 5) is 24.4. The van der Waals surface area contributed by atoms with Gasteiger partial charge in [-0.15, -0.1) is 11.3 Å². The maximum Gasteiger partial charge on any atom is 0.435 e. The highest BCUT2D eigenvalue weighted by Crippen LogP contribution is 2.34. The molecule has 34 heavy (non-hydrogen) atoms. The van der Waals surface area contributed by atoms with E-state index in [2.05, 4.69) is 15.2 Å². The maximum absolute atomic E-state index is 13.4. The van der Waals surface area contributed by atoms with Crippen molar-refractivity contribution in [2.24, 2.45) is 0 Å². The molecule has 0 radical (unpaired) electrons. The minimum Gasteiger partial charge on any atom is -0.465 e. The number of hydrogen-bond acceptors (Lipinski definition) is 5. The molecule has 0 aliphatic heterocycles. The molecule has 4 aromatic rings. The average Bonchev–Trinajstić information content (AvgIpc) is 3.46. The number of halogens is 4. The van der Waals surface area contributed by atoms with Gasteiger partial charge < -0.3 is 10.1 Å². The van der Waals surface area contributed by atoms with Crippen LogP contribution in [0.2, 0.25) is 5.02 Å². The molecule has 0 bridgehead atoms. The molecule has 1 N–H and O–H groups in total. The van der Waals surface area contributed by atoms with Crippen LogP contribution in [0.25, 0.3) is 16.9 Å². The highest BCUT2D eigenvalue weighted by Gasteiger charge is 2.35. The molecular weight excluding hydrogens is 491 g/mol. The third-order valence-electron chi connectivity index (χ3n) is 4.84. The van der Waals surface area contributed by atoms with Crippen LogP contribution in [0, 0.1) is 0 Å². The average molecular weight is 506 g/mol. The number of para-hydroxylation sites is 1. The Bertz CT molecular complexity index is 1360. The van der Waals surface area contributed by atoms with E-state index in [9.17, 15) is 22.8 Å². The molecule has 0 aliphatic rings. The van der Waals surface area contributed by atoms with Gasteiger partial charge in [-0.05, 0) is 30.3 Å². The van der Waals surface area contributed by atoms with E-state index in [-0.39, 0.29) is 27.5 Å². The van der Waals surface area contributed by atoms with E-state index in [1.165, 1.54) is 42.7 Å². The van der Waals surface area contributed by atoms with Crippen molar-refractivity contribution in [1.29, 1.82) is 0 Å². The number of benzene rings is 2. The van der Waals surface area contributed by atoms with E-state index in [0.717, 1.165) is 10.7 Å². The minimum absolute atomic E-state index is 0.151. The minimum atomic E-state index is -4.65. The van der Waals surface area contributed by atoms with E-state index < -0.39 is 23.7 Å². The lowest BCUT2D eigenvalue weighted by atomic mass is 10.1. The number of alkyl halides is 3. The molecule has 6 nitrogen and oxygen atoms in total. The van der Waals surface area contributed by atoms with Gasteiger partial charge in [0.05, 0.1) is 34.8 Å². The van der Waals surface area contributed by atoms with Crippen LogP contribution >= 0.6 is 22.9 Å². The standard InChI is InChI=1S/C23H15ClF3N3O3S/c1-33-22(32)15-11-34-12-17(15)28-21(31)14-8-6-13(7-9-14)19-10-20(23(25,26)27)29-30(19)18-5-3-2-4-16(18)24/h2-12H,1H3,(H,28,31). The Hall–Kier alpha value is -3.63. The molecule has 2 aromatic carbocycles. The number of anilines is 1. The SMILES string of the molecule is COC(=O)c1cscc1NC(=O)c1ccc(-c2cc(C(F)(F)F)nn2-c2ccccc2Cl)cc1. The molecule has 2 aromatic heterocycles. The maximum atomic E-state index is 13.4. The summed E-state index contributed by atoms with van der Waals surface area (Å²) in [6.07, 6.45) is -4.65. The smallest absolute Gasteiger partial charge is 0.435 e. The molecule has 0 fully saturated rings. The lowest BCUT2D eigenvalue weighted by molar-refractivity contribution is -0.141. The Kier molecular flexibility index (Phi) is 6.45. The third kappa shape index (κ3) is 4.68. The second kappa shape index (κ2) is 9.32. The lowest BCUT2D eigenvalue weighted by Crippen LogP contribution is -2.14. The Balaban J connectivity index is 1.66. The normalized spacial score (nSPS) is 11.3. The topological polar surface area (TPSA) is 73.2 Å². The van der Waals surface area contributed by atoms with Gasteiger partial charge in [0.25, 0.3) is 5.91 Å². The molecule has 0 unspecified atom stereocenters. The number of carbonyl (C=O) groups excluding carboxylic acids is 2. The van der Waals surface area contributed by atoms with Crippen molar-refractivity contribution in [2.75, 3.05) is 12.4 Å². The number of rotatable bonds is 5. The van der Waals surface area contributed by atoms with Crippen molar-refractivity contribution in [2.45, 2.75) is 6.18 Å². The molecule has 2 heterocycles. The summed E-state index contributed by atoms with van der Waals surface area (Å²) in [5.41, 5.74) is 0.522. The Labute approximate surface area is 200 Å². The lowest BCUT2D eigenvalue weighted by Gasteiger charge is -2.10. The molecule has 0 aliphatic carbocycles. The number of ether oxygens (including phenoxy) is 1. The first-order valence-electron chi connectivity index (χ1n) is 9.67. The van der Waals surface area contributed by atoms with Crippen LogP contribution in [0.3, 0.4) is 0 Å². The number of amides is 1. The summed E-state index contributed by atoms with van der Waals surface area (Å²) in [5.74, 6) is -1.08. The number of methoxy groups -OCH3 is 1. The summed E-state index contributed by atoms with van der Waals surface area (Å²) in [6.45, 7) is 0. The second-order valence-electron chi connectivity index (χ2n) is 7.00. The number of nitrogens with zero attached hydrogens (tertiary/aromatic N) is 2. The zero-order valence-corrected chi connectivity index (χ0v) is 19.0. The van der Waals surface area contributed by atoms with Crippen molar-refractivity contribution in [3.63, 3.8) is 0 Å². The zero-order valence-electron chi connectivity index (χ0n) is 17.4. The molecular formula is C23H15ClF3N3O3S. The van der Waals surface area contributed by atoms with Crippen LogP contribution in [0.1, 0.15) is 26.4 Å². The van der Waals surface area contributed by atoms with Crippen LogP contribution < -0.4 is 5.32 Å². The number of aromatic nitrogens is 2. The van der Waals surface area contributed by atoms with Gasteiger partial charge in [-0.25, -0.2) is 9.48 Å². The Morgan fingerprint density at radius 1 is 1.09 bits per heavy atom. The van der Waals surface area contributed by atoms with Gasteiger partial charge in [0.15, 0.2) is 5.69 Å². The number of hydrogen-bond donors (Lipinski definition) is 1. The van der Waals surface area contributed by atoms with Crippen LogP contribution in [0.4, 0.5) is 18.9 Å². The monoisotopic (exact) mass is 505 g/mol. The predicted octanol–water partition coefficient (Wildman–Crippen LogP) is 6.31. The fraction of sp³-hybridized carbons (Fsp3) is 0.0870. The molecule has 11 heteroatoms. The number of esters is 1. The number of carbonyl (C=O) groups is 2. The van der Waals surface area contributed by atoms with Crippen LogP contribution in [0.15, 0.2) is 65.4 Å². The molecule has 174 valence electrons. The summed E-state index contributed by atoms with van der Waals surface area (Å²) < 4.78 is 46.0. The van der Waals surface area contributed by atoms with Crippen LogP contribution in [-0.4, -0.2) is 28.8 Å². The van der Waals surface area contributed by atoms with Gasteiger partial charge in [0.2, 0.25) is 0 Å². The van der Waals surface area contributed by atoms with Gasteiger partial charge in [0, 0.05) is 21.9 Å². The van der Waals surface area contributed by atoms with Gasteiger partial charge in [-0.1, -0.05) is 35.9 Å². The molecule has 0 atom stereocenters. The first-order chi connectivity index (χ1) is 16.2. The van der Waals surface area contributed by atoms with Crippen molar-refractivity contribution in [3.8, 4) is 16.9 Å². The van der Waals surface area contributed by atoms with Crippen molar-refractivity contribution in [1.82, 2.24) is 9.78 Å². The van der Waals surface area contributed by atoms with Crippen molar-refractivity contribution >= 4 is 40.5 Å². The Morgan fingerprint density at radius 2 is 1.79 bits per heavy atom. The molecule has 0 saturated carbocycles. The van der Waals surface area contributed by atoms with Gasteiger partial charge >= 0.3 is 12.1 Å². The fourth-order valence-corrected chi connectivity index (χ4v) is 4.15. The van der Waals surface area contributed by atoms with E-state index in [0.29, 0.717) is 11.3 Å². The molecule has 0 saturated heterocycles. The fourth-order valence-electron chi connectivity index (χ4n) is 3.18. The quantitative estimate of drug-likeness (QED) is 0.322. The predicted molar refractivity (Wildman–Crippen MR) is 123 cm³/mol. The molecule has 1 amide bonds. The Morgan fingerprint density at radius 3 is 2.44 bits per heavy atom. The zero-order chi connectivity index (χ0) is 24.5. The highest BCUT2D eigenvalue weighted by molar-refractivity contribution is 7.08. The van der Waals surface area contributed by atoms with E-state index >= 15 is 0 Å². The first kappa shape index (κ1) is 23.5. The van der Waals surface area contributed by atoms with Gasteiger partial charge in [0.1, 0.15) is 0 Å². The summed E-state index contributed by atoms with van der Waals surface area (Å²) in [6, 6.07) is 13.3. The third-order valence-corrected chi connectivity index (χ3v) is 5.90. The largest absolute Gasteiger partial charge is 0.465 e. The number of nitrogens with one attached hydrogen (secondary N) is 1. The van der Waals surface area contributed by atoms with Crippen LogP contribution in [-0.2, 0) is 10.9 Å². The second-order valence-corrected chi connectivity index (χ2v) is 8.15. The van der Waals surface area contributed by atoms with E-state index in [1.54, 1.807) is 35.0 Å². The van der Waals surface area contributed by atoms with Gasteiger partial charge in [-0.3, -0.25) is 4.79 Å². The summed E-state index contributed by atoms with van der Waals surface area (Å²) in [7, 11) is 1.24. The van der Waals surface area contributed by atoms with Crippen molar-refractivity contribution in [3.05, 3.63) is 87.2 Å². The molecule has 0 spiro atoms. The summed E-state index contributed by atoms with van der Waals surface area (Å²) in [5, 5.41) is 9.73. The number of thiophene rings is 1. The summed E-state index contributed by atoms with van der Waals surface area (Å²) >= 11 is 7.42. The van der Waals surface area contributed by atoms with Gasteiger partial charge in [-0.2, -0.15) is 18.3 Å². The van der Waals surface area contributed by atoms with E-state index in [4.69, 9.17) is 11.6 Å². The van der Waals surface area contributed by atoms with E-state index in [1.807, 2.05) is 0 Å². The first-order valence-corrected chi connectivity index (χ1v) is 11.0.